The van der Waals surface area contributed by atoms with Crippen LogP contribution in [0.5, 0.6) is 0 Å². The first-order valence-electron chi connectivity index (χ1n) is 8.42. The minimum atomic E-state index is -4.39. The number of likely N-dealkylation sites (tertiary alicyclic amines) is 1. The van der Waals surface area contributed by atoms with Gasteiger partial charge in [-0.25, -0.2) is 4.79 Å². The molecule has 0 bridgehead atoms. The Morgan fingerprint density at radius 3 is 2.43 bits per heavy atom. The zero-order chi connectivity index (χ0) is 17.1. The molecule has 0 aromatic carbocycles. The van der Waals surface area contributed by atoms with Crippen molar-refractivity contribution in [1.29, 1.82) is 0 Å². The summed E-state index contributed by atoms with van der Waals surface area (Å²) in [6.07, 6.45) is 0.468. The van der Waals surface area contributed by atoms with Crippen LogP contribution in [0.4, 0.5) is 18.0 Å². The lowest BCUT2D eigenvalue weighted by Crippen LogP contribution is -2.54. The summed E-state index contributed by atoms with van der Waals surface area (Å²) in [4.78, 5) is 13.8. The quantitative estimate of drug-likeness (QED) is 0.854. The average molecular weight is 336 g/mol. The van der Waals surface area contributed by atoms with Crippen molar-refractivity contribution in [3.8, 4) is 0 Å². The Hall–Kier alpha value is -0.980. The van der Waals surface area contributed by atoms with Crippen molar-refractivity contribution in [2.24, 2.45) is 5.92 Å². The van der Waals surface area contributed by atoms with E-state index in [2.05, 4.69) is 5.32 Å². The predicted molar refractivity (Wildman–Crippen MR) is 81.2 cm³/mol. The van der Waals surface area contributed by atoms with Gasteiger partial charge < -0.3 is 15.0 Å². The summed E-state index contributed by atoms with van der Waals surface area (Å²) in [5.74, 6) is -0.491. The second-order valence-corrected chi connectivity index (χ2v) is 7.01. The molecule has 7 heteroatoms. The van der Waals surface area contributed by atoms with Gasteiger partial charge in [0.05, 0.1) is 5.60 Å². The number of amides is 2. The number of carbonyl (C=O) groups is 1. The van der Waals surface area contributed by atoms with E-state index in [0.29, 0.717) is 32.4 Å². The van der Waals surface area contributed by atoms with E-state index < -0.39 is 24.2 Å². The van der Waals surface area contributed by atoms with Crippen LogP contribution in [-0.2, 0) is 4.74 Å². The molecule has 1 aliphatic heterocycles. The molecule has 23 heavy (non-hydrogen) atoms. The summed E-state index contributed by atoms with van der Waals surface area (Å²) in [7, 11) is 1.63. The van der Waals surface area contributed by atoms with Crippen LogP contribution >= 0.6 is 0 Å². The Labute approximate surface area is 135 Å². The molecule has 2 aliphatic rings. The third-order valence-electron chi connectivity index (χ3n) is 5.33. The summed E-state index contributed by atoms with van der Waals surface area (Å²) >= 11 is 0. The summed E-state index contributed by atoms with van der Waals surface area (Å²) in [5, 5.41) is 2.26. The van der Waals surface area contributed by atoms with Gasteiger partial charge in [0.15, 0.2) is 0 Å². The average Bonchev–Trinajstić information content (AvgIpc) is 2.93. The fourth-order valence-electron chi connectivity index (χ4n) is 3.64. The van der Waals surface area contributed by atoms with E-state index in [4.69, 9.17) is 4.74 Å². The molecule has 2 fully saturated rings. The van der Waals surface area contributed by atoms with Crippen LogP contribution in [0.15, 0.2) is 0 Å². The molecular weight excluding hydrogens is 309 g/mol. The molecule has 2 amide bonds. The molecular formula is C16H27F3N2O2. The number of ether oxygens (including phenoxy) is 1. The molecule has 0 unspecified atom stereocenters. The highest BCUT2D eigenvalue weighted by Gasteiger charge is 2.46. The molecule has 0 spiro atoms. The fraction of sp³-hybridized carbons (Fsp3) is 0.938. The SMILES string of the molecule is CO[C@]1(C)CCCN(C(=O)N[C@H](C2CCCC2)C(F)(F)F)CC1. The molecule has 2 atom stereocenters. The molecule has 4 nitrogen and oxygen atoms in total. The normalized spacial score (nSPS) is 28.5. The predicted octanol–water partition coefficient (Wildman–Crippen LogP) is 3.71. The van der Waals surface area contributed by atoms with Crippen molar-refractivity contribution in [3.05, 3.63) is 0 Å². The number of alkyl halides is 3. The number of hydrogen-bond acceptors (Lipinski definition) is 2. The van der Waals surface area contributed by atoms with Gasteiger partial charge in [-0.05, 0) is 44.9 Å². The first-order chi connectivity index (χ1) is 10.7. The third-order valence-corrected chi connectivity index (χ3v) is 5.33. The molecule has 0 aromatic heterocycles. The standard InChI is InChI=1S/C16H27F3N2O2/c1-15(23-2)8-5-10-21(11-9-15)14(22)20-13(16(17,18)19)12-6-3-4-7-12/h12-13H,3-11H2,1-2H3,(H,20,22)/t13-,15-/m1/s1. The van der Waals surface area contributed by atoms with Crippen LogP contribution in [0.25, 0.3) is 0 Å². The van der Waals surface area contributed by atoms with E-state index in [1.165, 1.54) is 4.90 Å². The van der Waals surface area contributed by atoms with Gasteiger partial charge in [-0.3, -0.25) is 0 Å². The number of urea groups is 1. The Morgan fingerprint density at radius 1 is 1.22 bits per heavy atom. The lowest BCUT2D eigenvalue weighted by Gasteiger charge is -2.30. The van der Waals surface area contributed by atoms with E-state index in [-0.39, 0.29) is 5.60 Å². The van der Waals surface area contributed by atoms with Crippen LogP contribution in [-0.4, -0.2) is 48.9 Å². The van der Waals surface area contributed by atoms with E-state index in [0.717, 1.165) is 25.7 Å². The minimum absolute atomic E-state index is 0.302. The summed E-state index contributed by atoms with van der Waals surface area (Å²) in [6.45, 7) is 2.87. The number of carbonyl (C=O) groups excluding carboxylic acids is 1. The smallest absolute Gasteiger partial charge is 0.378 e. The Morgan fingerprint density at radius 2 is 1.87 bits per heavy atom. The fourth-order valence-corrected chi connectivity index (χ4v) is 3.64. The third kappa shape index (κ3) is 4.75. The lowest BCUT2D eigenvalue weighted by atomic mass is 9.97. The van der Waals surface area contributed by atoms with E-state index in [1.807, 2.05) is 6.92 Å². The molecule has 1 saturated carbocycles. The molecule has 0 aromatic rings. The number of rotatable bonds is 3. The molecule has 0 radical (unpaired) electrons. The maximum atomic E-state index is 13.3. The maximum absolute atomic E-state index is 13.3. The first-order valence-corrected chi connectivity index (χ1v) is 8.42. The highest BCUT2D eigenvalue weighted by Crippen LogP contribution is 2.36. The van der Waals surface area contributed by atoms with Gasteiger partial charge in [0.2, 0.25) is 0 Å². The van der Waals surface area contributed by atoms with Crippen LogP contribution in [0, 0.1) is 5.92 Å². The molecule has 1 saturated heterocycles. The molecule has 1 heterocycles. The number of nitrogens with one attached hydrogen (secondary N) is 1. The van der Waals surface area contributed by atoms with E-state index >= 15 is 0 Å². The molecule has 134 valence electrons. The molecule has 1 aliphatic carbocycles. The second kappa shape index (κ2) is 7.28. The maximum Gasteiger partial charge on any atom is 0.408 e. The first kappa shape index (κ1) is 18.4. The number of nitrogens with zero attached hydrogens (tertiary/aromatic N) is 1. The van der Waals surface area contributed by atoms with Crippen molar-refractivity contribution >= 4 is 6.03 Å². The number of halogens is 3. The Balaban J connectivity index is 1.98. The van der Waals surface area contributed by atoms with Gasteiger partial charge in [0.25, 0.3) is 0 Å². The van der Waals surface area contributed by atoms with Crippen molar-refractivity contribution in [3.63, 3.8) is 0 Å². The Kier molecular flexibility index (Phi) is 5.81. The highest BCUT2D eigenvalue weighted by atomic mass is 19.4. The van der Waals surface area contributed by atoms with Gasteiger partial charge in [-0.2, -0.15) is 13.2 Å². The van der Waals surface area contributed by atoms with Crippen LogP contribution in [0.2, 0.25) is 0 Å². The zero-order valence-electron chi connectivity index (χ0n) is 13.9. The van der Waals surface area contributed by atoms with Gasteiger partial charge in [0.1, 0.15) is 6.04 Å². The van der Waals surface area contributed by atoms with Crippen molar-refractivity contribution in [1.82, 2.24) is 10.2 Å². The van der Waals surface area contributed by atoms with Gasteiger partial charge in [-0.1, -0.05) is 12.8 Å². The van der Waals surface area contributed by atoms with Crippen molar-refractivity contribution in [2.75, 3.05) is 20.2 Å². The number of methoxy groups -OCH3 is 1. The molecule has 2 rings (SSSR count). The van der Waals surface area contributed by atoms with Crippen LogP contribution in [0.1, 0.15) is 51.9 Å². The van der Waals surface area contributed by atoms with Crippen molar-refractivity contribution in [2.45, 2.75) is 69.7 Å². The van der Waals surface area contributed by atoms with Gasteiger partial charge >= 0.3 is 12.2 Å². The second-order valence-electron chi connectivity index (χ2n) is 7.01. The van der Waals surface area contributed by atoms with Gasteiger partial charge in [-0.15, -0.1) is 0 Å². The zero-order valence-corrected chi connectivity index (χ0v) is 13.9. The minimum Gasteiger partial charge on any atom is -0.378 e. The van der Waals surface area contributed by atoms with E-state index in [1.54, 1.807) is 7.11 Å². The monoisotopic (exact) mass is 336 g/mol. The molecule has 1 N–H and O–H groups in total. The van der Waals surface area contributed by atoms with Gasteiger partial charge in [0, 0.05) is 20.2 Å². The number of hydrogen-bond donors (Lipinski definition) is 1. The van der Waals surface area contributed by atoms with Crippen LogP contribution < -0.4 is 5.32 Å². The summed E-state index contributed by atoms with van der Waals surface area (Å²) < 4.78 is 45.4. The largest absolute Gasteiger partial charge is 0.408 e. The van der Waals surface area contributed by atoms with Crippen LogP contribution in [0.3, 0.4) is 0 Å². The summed E-state index contributed by atoms with van der Waals surface area (Å²) in [6, 6.07) is -2.32. The van der Waals surface area contributed by atoms with Crippen molar-refractivity contribution < 1.29 is 22.7 Å². The highest BCUT2D eigenvalue weighted by molar-refractivity contribution is 5.74. The lowest BCUT2D eigenvalue weighted by molar-refractivity contribution is -0.165. The Bertz CT molecular complexity index is 411. The van der Waals surface area contributed by atoms with E-state index in [9.17, 15) is 18.0 Å². The summed E-state index contributed by atoms with van der Waals surface area (Å²) in [5.41, 5.74) is -0.302. The topological polar surface area (TPSA) is 41.6 Å².